The van der Waals surface area contributed by atoms with Gasteiger partial charge in [0.05, 0.1) is 11.0 Å². The van der Waals surface area contributed by atoms with E-state index >= 15 is 0 Å². The lowest BCUT2D eigenvalue weighted by Crippen LogP contribution is -2.40. The van der Waals surface area contributed by atoms with Crippen molar-refractivity contribution >= 4 is 10.0 Å². The first kappa shape index (κ1) is 17.0. The smallest absolute Gasteiger partial charge is 0.406 e. The lowest BCUT2D eigenvalue weighted by Gasteiger charge is -2.20. The molecule has 2 atom stereocenters. The van der Waals surface area contributed by atoms with Crippen molar-refractivity contribution in [1.29, 1.82) is 0 Å². The van der Waals surface area contributed by atoms with Crippen LogP contribution in [0.3, 0.4) is 0 Å². The van der Waals surface area contributed by atoms with Gasteiger partial charge in [0.15, 0.2) is 0 Å². The Bertz CT molecular complexity index is 595. The van der Waals surface area contributed by atoms with E-state index in [2.05, 4.69) is 9.46 Å². The highest BCUT2D eigenvalue weighted by atomic mass is 32.2. The van der Waals surface area contributed by atoms with Crippen molar-refractivity contribution < 1.29 is 31.1 Å². The van der Waals surface area contributed by atoms with E-state index < -0.39 is 28.2 Å². The van der Waals surface area contributed by atoms with Crippen LogP contribution >= 0.6 is 0 Å². The molecule has 2 rings (SSSR count). The molecule has 5 nitrogen and oxygen atoms in total. The van der Waals surface area contributed by atoms with E-state index in [1.165, 1.54) is 0 Å². The minimum Gasteiger partial charge on any atom is -0.406 e. The van der Waals surface area contributed by atoms with E-state index in [0.717, 1.165) is 37.1 Å². The zero-order chi connectivity index (χ0) is 16.4. The Labute approximate surface area is 126 Å². The molecule has 1 saturated heterocycles. The Kier molecular flexibility index (Phi) is 4.98. The zero-order valence-corrected chi connectivity index (χ0v) is 12.6. The van der Waals surface area contributed by atoms with E-state index in [1.54, 1.807) is 6.92 Å². The van der Waals surface area contributed by atoms with Crippen molar-refractivity contribution in [2.45, 2.75) is 43.2 Å². The fraction of sp³-hybridized carbons (Fsp3) is 0.538. The van der Waals surface area contributed by atoms with Gasteiger partial charge in [-0.3, -0.25) is 0 Å². The summed E-state index contributed by atoms with van der Waals surface area (Å²) in [6.07, 6.45) is -3.36. The maximum atomic E-state index is 12.2. The summed E-state index contributed by atoms with van der Waals surface area (Å²) < 4.78 is 72.1. The first-order chi connectivity index (χ1) is 10.2. The largest absolute Gasteiger partial charge is 0.573 e. The van der Waals surface area contributed by atoms with Gasteiger partial charge in [-0.05, 0) is 44.0 Å². The summed E-state index contributed by atoms with van der Waals surface area (Å²) in [5.41, 5.74) is 0. The normalized spacial score (nSPS) is 20.8. The lowest BCUT2D eigenvalue weighted by atomic mass is 10.1. The summed E-state index contributed by atoms with van der Waals surface area (Å²) in [5, 5.41) is 0. The highest BCUT2D eigenvalue weighted by Gasteiger charge is 2.31. The van der Waals surface area contributed by atoms with Crippen molar-refractivity contribution in [1.82, 2.24) is 4.72 Å². The molecular weight excluding hydrogens is 323 g/mol. The van der Waals surface area contributed by atoms with Crippen LogP contribution in [0.2, 0.25) is 0 Å². The van der Waals surface area contributed by atoms with Crippen LogP contribution in [0.25, 0.3) is 0 Å². The van der Waals surface area contributed by atoms with Crippen molar-refractivity contribution in [3.8, 4) is 5.75 Å². The number of nitrogens with one attached hydrogen (secondary N) is 1. The fourth-order valence-corrected chi connectivity index (χ4v) is 3.48. The molecule has 1 aliphatic heterocycles. The van der Waals surface area contributed by atoms with Gasteiger partial charge in [-0.25, -0.2) is 13.1 Å². The van der Waals surface area contributed by atoms with Gasteiger partial charge in [-0.1, -0.05) is 0 Å². The molecule has 0 amide bonds. The number of hydrogen-bond acceptors (Lipinski definition) is 4. The Balaban J connectivity index is 2.05. The maximum Gasteiger partial charge on any atom is 0.573 e. The van der Waals surface area contributed by atoms with E-state index in [9.17, 15) is 21.6 Å². The topological polar surface area (TPSA) is 64.6 Å². The van der Waals surface area contributed by atoms with Crippen LogP contribution in [-0.4, -0.2) is 33.5 Å². The third-order valence-corrected chi connectivity index (χ3v) is 4.81. The lowest BCUT2D eigenvalue weighted by molar-refractivity contribution is -0.274. The minimum atomic E-state index is -4.81. The van der Waals surface area contributed by atoms with Gasteiger partial charge in [0.25, 0.3) is 0 Å². The monoisotopic (exact) mass is 339 g/mol. The van der Waals surface area contributed by atoms with Gasteiger partial charge >= 0.3 is 6.36 Å². The number of alkyl halides is 3. The van der Waals surface area contributed by atoms with Gasteiger partial charge in [0, 0.05) is 12.6 Å². The number of ether oxygens (including phenoxy) is 2. The molecule has 0 aromatic heterocycles. The second-order valence-corrected chi connectivity index (χ2v) is 6.69. The first-order valence-electron chi connectivity index (χ1n) is 6.67. The molecule has 1 fully saturated rings. The molecule has 1 aromatic carbocycles. The molecule has 0 radical (unpaired) electrons. The Morgan fingerprint density at radius 3 is 2.45 bits per heavy atom. The van der Waals surface area contributed by atoms with Crippen molar-refractivity contribution in [2.75, 3.05) is 6.61 Å². The van der Waals surface area contributed by atoms with Gasteiger partial charge < -0.3 is 9.47 Å². The predicted octanol–water partition coefficient (Wildman–Crippen LogP) is 2.43. The molecular formula is C13H16F3NO4S. The predicted molar refractivity (Wildman–Crippen MR) is 71.9 cm³/mol. The summed E-state index contributed by atoms with van der Waals surface area (Å²) in [6.45, 7) is 2.29. The van der Waals surface area contributed by atoms with Crippen LogP contribution in [0, 0.1) is 0 Å². The molecule has 1 aromatic rings. The molecule has 0 bridgehead atoms. The summed E-state index contributed by atoms with van der Waals surface area (Å²) >= 11 is 0. The number of halogens is 3. The molecule has 0 aliphatic carbocycles. The first-order valence-corrected chi connectivity index (χ1v) is 8.15. The van der Waals surface area contributed by atoms with Gasteiger partial charge in [-0.15, -0.1) is 13.2 Å². The van der Waals surface area contributed by atoms with Crippen molar-refractivity contribution in [3.05, 3.63) is 24.3 Å². The summed E-state index contributed by atoms with van der Waals surface area (Å²) in [7, 11) is -3.82. The highest BCUT2D eigenvalue weighted by Crippen LogP contribution is 2.24. The highest BCUT2D eigenvalue weighted by molar-refractivity contribution is 7.89. The van der Waals surface area contributed by atoms with Crippen LogP contribution in [-0.2, 0) is 14.8 Å². The molecule has 0 saturated carbocycles. The Morgan fingerprint density at radius 2 is 1.95 bits per heavy atom. The quantitative estimate of drug-likeness (QED) is 0.895. The minimum absolute atomic E-state index is 0.133. The molecule has 1 N–H and O–H groups in total. The summed E-state index contributed by atoms with van der Waals surface area (Å²) in [5.74, 6) is -0.473. The van der Waals surface area contributed by atoms with E-state index in [1.807, 2.05) is 0 Å². The van der Waals surface area contributed by atoms with E-state index in [-0.39, 0.29) is 11.0 Å². The molecule has 124 valence electrons. The SMILES string of the molecule is C[C@H](NS(=O)(=O)c1ccc(OC(F)(F)F)cc1)[C@@H]1CCCO1. The van der Waals surface area contributed by atoms with Crippen LogP contribution in [0.15, 0.2) is 29.2 Å². The number of benzene rings is 1. The van der Waals surface area contributed by atoms with Crippen LogP contribution in [0.1, 0.15) is 19.8 Å². The van der Waals surface area contributed by atoms with Crippen LogP contribution in [0.5, 0.6) is 5.75 Å². The van der Waals surface area contributed by atoms with Crippen molar-refractivity contribution in [3.63, 3.8) is 0 Å². The molecule has 0 unspecified atom stereocenters. The molecule has 9 heteroatoms. The van der Waals surface area contributed by atoms with Crippen molar-refractivity contribution in [2.24, 2.45) is 0 Å². The average molecular weight is 339 g/mol. The second kappa shape index (κ2) is 6.43. The number of hydrogen-bond donors (Lipinski definition) is 1. The van der Waals surface area contributed by atoms with Gasteiger partial charge in [0.2, 0.25) is 10.0 Å². The second-order valence-electron chi connectivity index (χ2n) is 4.98. The third-order valence-electron chi connectivity index (χ3n) is 3.23. The van der Waals surface area contributed by atoms with E-state index in [0.29, 0.717) is 6.61 Å². The van der Waals surface area contributed by atoms with Crippen LogP contribution in [0.4, 0.5) is 13.2 Å². The molecule has 1 aliphatic rings. The van der Waals surface area contributed by atoms with Crippen LogP contribution < -0.4 is 9.46 Å². The summed E-state index contributed by atoms with van der Waals surface area (Å²) in [6, 6.07) is 3.62. The standard InChI is InChI=1S/C13H16F3NO4S/c1-9(12-3-2-8-20-12)17-22(18,19)11-6-4-10(5-7-11)21-13(14,15)16/h4-7,9,12,17H,2-3,8H2,1H3/t9-,12-/m0/s1. The van der Waals surface area contributed by atoms with Gasteiger partial charge in [-0.2, -0.15) is 0 Å². The van der Waals surface area contributed by atoms with Gasteiger partial charge in [0.1, 0.15) is 5.75 Å². The Morgan fingerprint density at radius 1 is 1.32 bits per heavy atom. The zero-order valence-electron chi connectivity index (χ0n) is 11.8. The Hall–Kier alpha value is -1.32. The molecule has 0 spiro atoms. The number of rotatable bonds is 5. The molecule has 22 heavy (non-hydrogen) atoms. The summed E-state index contributed by atoms with van der Waals surface area (Å²) in [4.78, 5) is -0.133. The number of sulfonamides is 1. The third kappa shape index (κ3) is 4.59. The average Bonchev–Trinajstić information content (AvgIpc) is 2.90. The van der Waals surface area contributed by atoms with E-state index in [4.69, 9.17) is 4.74 Å². The maximum absolute atomic E-state index is 12.2. The fourth-order valence-electron chi connectivity index (χ4n) is 2.21. The molecule has 1 heterocycles.